The van der Waals surface area contributed by atoms with Gasteiger partial charge in [0.05, 0.1) is 5.69 Å². The molecule has 0 radical (unpaired) electrons. The Bertz CT molecular complexity index is 488. The van der Waals surface area contributed by atoms with Crippen molar-refractivity contribution in [2.75, 3.05) is 0 Å². The number of rotatable bonds is 3. The van der Waals surface area contributed by atoms with E-state index >= 15 is 0 Å². The van der Waals surface area contributed by atoms with Crippen LogP contribution in [0.15, 0.2) is 0 Å². The number of carbonyl (C=O) groups is 1. The Morgan fingerprint density at radius 1 is 1.26 bits per heavy atom. The Morgan fingerprint density at radius 2 is 1.95 bits per heavy atom. The summed E-state index contributed by atoms with van der Waals surface area (Å²) in [5.74, 6) is -0.415. The van der Waals surface area contributed by atoms with E-state index in [9.17, 15) is 9.90 Å². The van der Waals surface area contributed by atoms with Crippen molar-refractivity contribution in [3.63, 3.8) is 0 Å². The van der Waals surface area contributed by atoms with Gasteiger partial charge in [-0.1, -0.05) is 13.3 Å². The second-order valence-corrected chi connectivity index (χ2v) is 5.31. The molecule has 0 aliphatic heterocycles. The lowest BCUT2D eigenvalue weighted by atomic mass is 9.88. The van der Waals surface area contributed by atoms with E-state index in [2.05, 4.69) is 17.1 Å². The van der Waals surface area contributed by atoms with Gasteiger partial charge in [0.2, 0.25) is 5.88 Å². The minimum Gasteiger partial charge on any atom is -0.477 e. The number of aromatic carboxylic acids is 1. The third-order valence-electron chi connectivity index (χ3n) is 3.93. The maximum Gasteiger partial charge on any atom is 0.341 e. The first kappa shape index (κ1) is 13.8. The lowest BCUT2D eigenvalue weighted by molar-refractivity contribution is 0.0663. The highest BCUT2D eigenvalue weighted by molar-refractivity contribution is 5.92. The van der Waals surface area contributed by atoms with Gasteiger partial charge in [0, 0.05) is 0 Å². The molecular formula is C14H20N2O3. The highest BCUT2D eigenvalue weighted by Crippen LogP contribution is 2.29. The van der Waals surface area contributed by atoms with Crippen molar-refractivity contribution in [1.82, 2.24) is 10.2 Å². The highest BCUT2D eigenvalue weighted by atomic mass is 16.5. The maximum absolute atomic E-state index is 11.4. The number of aryl methyl sites for hydroxylation is 1. The van der Waals surface area contributed by atoms with E-state index in [0.717, 1.165) is 19.3 Å². The predicted molar refractivity (Wildman–Crippen MR) is 70.5 cm³/mol. The van der Waals surface area contributed by atoms with Gasteiger partial charge < -0.3 is 9.84 Å². The van der Waals surface area contributed by atoms with Crippen molar-refractivity contribution >= 4 is 5.97 Å². The highest BCUT2D eigenvalue weighted by Gasteiger charge is 2.27. The molecule has 2 atom stereocenters. The van der Waals surface area contributed by atoms with Crippen LogP contribution in [0.2, 0.25) is 0 Å². The van der Waals surface area contributed by atoms with Crippen LogP contribution >= 0.6 is 0 Å². The molecule has 1 aliphatic rings. The monoisotopic (exact) mass is 264 g/mol. The van der Waals surface area contributed by atoms with Crippen LogP contribution in [0.5, 0.6) is 5.88 Å². The molecule has 0 saturated heterocycles. The largest absolute Gasteiger partial charge is 0.477 e. The van der Waals surface area contributed by atoms with Crippen molar-refractivity contribution in [2.24, 2.45) is 5.92 Å². The summed E-state index contributed by atoms with van der Waals surface area (Å²) in [6, 6.07) is 0. The van der Waals surface area contributed by atoms with Gasteiger partial charge in [-0.25, -0.2) is 4.79 Å². The van der Waals surface area contributed by atoms with Crippen LogP contribution in [0.3, 0.4) is 0 Å². The normalized spacial score (nSPS) is 23.1. The average Bonchev–Trinajstić information content (AvgIpc) is 2.36. The molecule has 2 unspecified atom stereocenters. The summed E-state index contributed by atoms with van der Waals surface area (Å²) in [7, 11) is 0. The number of hydrogen-bond donors (Lipinski definition) is 1. The summed E-state index contributed by atoms with van der Waals surface area (Å²) in [6.07, 6.45) is 4.45. The van der Waals surface area contributed by atoms with Gasteiger partial charge in [0.1, 0.15) is 11.7 Å². The minimum absolute atomic E-state index is 0.0447. The van der Waals surface area contributed by atoms with Crippen LogP contribution in [0.1, 0.15) is 54.2 Å². The number of carboxylic acids is 1. The van der Waals surface area contributed by atoms with E-state index in [-0.39, 0.29) is 17.5 Å². The van der Waals surface area contributed by atoms with Gasteiger partial charge in [-0.3, -0.25) is 0 Å². The molecule has 0 bridgehead atoms. The van der Waals surface area contributed by atoms with Crippen LogP contribution < -0.4 is 4.74 Å². The van der Waals surface area contributed by atoms with Crippen molar-refractivity contribution in [3.05, 3.63) is 16.8 Å². The summed E-state index contributed by atoms with van der Waals surface area (Å²) >= 11 is 0. The molecule has 1 aromatic rings. The molecule has 1 aliphatic carbocycles. The van der Waals surface area contributed by atoms with Crippen LogP contribution in [0.25, 0.3) is 0 Å². The third kappa shape index (κ3) is 2.85. The molecular weight excluding hydrogens is 244 g/mol. The van der Waals surface area contributed by atoms with Crippen LogP contribution in [0, 0.1) is 19.8 Å². The third-order valence-corrected chi connectivity index (χ3v) is 3.93. The molecule has 0 aromatic carbocycles. The molecule has 104 valence electrons. The summed E-state index contributed by atoms with van der Waals surface area (Å²) in [4.78, 5) is 11.4. The molecule has 1 saturated carbocycles. The first-order valence-electron chi connectivity index (χ1n) is 6.74. The maximum atomic E-state index is 11.4. The molecule has 1 heterocycles. The lowest BCUT2D eigenvalue weighted by Crippen LogP contribution is -2.29. The first-order chi connectivity index (χ1) is 9.00. The van der Waals surface area contributed by atoms with Gasteiger partial charge in [0.25, 0.3) is 0 Å². The van der Waals surface area contributed by atoms with E-state index in [1.165, 1.54) is 6.42 Å². The second-order valence-electron chi connectivity index (χ2n) is 5.31. The van der Waals surface area contributed by atoms with Gasteiger partial charge >= 0.3 is 5.97 Å². The Hall–Kier alpha value is -1.65. The van der Waals surface area contributed by atoms with E-state index in [1.54, 1.807) is 13.8 Å². The fourth-order valence-electron chi connectivity index (χ4n) is 2.52. The molecule has 0 spiro atoms. The lowest BCUT2D eigenvalue weighted by Gasteiger charge is -2.29. The van der Waals surface area contributed by atoms with E-state index in [0.29, 0.717) is 17.2 Å². The Labute approximate surface area is 113 Å². The van der Waals surface area contributed by atoms with Crippen LogP contribution in [-0.4, -0.2) is 27.4 Å². The number of aromatic nitrogens is 2. The fraction of sp³-hybridized carbons (Fsp3) is 0.643. The summed E-state index contributed by atoms with van der Waals surface area (Å²) in [5, 5.41) is 17.2. The van der Waals surface area contributed by atoms with Gasteiger partial charge in [-0.15, -0.1) is 5.10 Å². The number of nitrogens with zero attached hydrogens (tertiary/aromatic N) is 2. The van der Waals surface area contributed by atoms with Crippen molar-refractivity contribution < 1.29 is 14.6 Å². The average molecular weight is 264 g/mol. The Kier molecular flexibility index (Phi) is 4.02. The van der Waals surface area contributed by atoms with Crippen molar-refractivity contribution in [1.29, 1.82) is 0 Å². The van der Waals surface area contributed by atoms with Gasteiger partial charge in [0.15, 0.2) is 0 Å². The molecule has 5 heteroatoms. The molecule has 1 N–H and O–H groups in total. The molecule has 1 aromatic heterocycles. The van der Waals surface area contributed by atoms with E-state index in [1.807, 2.05) is 0 Å². The molecule has 1 fully saturated rings. The zero-order chi connectivity index (χ0) is 14.0. The topological polar surface area (TPSA) is 72.3 Å². The minimum atomic E-state index is -1.01. The first-order valence-corrected chi connectivity index (χ1v) is 6.74. The van der Waals surface area contributed by atoms with Gasteiger partial charge in [-0.05, 0) is 44.6 Å². The Balaban J connectivity index is 2.29. The van der Waals surface area contributed by atoms with E-state index < -0.39 is 5.97 Å². The number of hydrogen-bond acceptors (Lipinski definition) is 4. The van der Waals surface area contributed by atoms with Gasteiger partial charge in [-0.2, -0.15) is 5.10 Å². The van der Waals surface area contributed by atoms with Crippen molar-refractivity contribution in [3.8, 4) is 5.88 Å². The summed E-state index contributed by atoms with van der Waals surface area (Å²) < 4.78 is 5.84. The van der Waals surface area contributed by atoms with Crippen LogP contribution in [0.4, 0.5) is 0 Å². The molecule has 5 nitrogen and oxygen atoms in total. The summed E-state index contributed by atoms with van der Waals surface area (Å²) in [6.45, 7) is 5.63. The molecule has 19 heavy (non-hydrogen) atoms. The van der Waals surface area contributed by atoms with E-state index in [4.69, 9.17) is 4.74 Å². The predicted octanol–water partition coefficient (Wildman–Crippen LogP) is 2.75. The standard InChI is InChI=1S/C14H20N2O3/c1-8-6-4-5-7-11(8)19-13-12(14(17)18)9(2)10(3)15-16-13/h8,11H,4-7H2,1-3H3,(H,17,18). The SMILES string of the molecule is Cc1nnc(OC2CCCCC2C)c(C(=O)O)c1C. The zero-order valence-corrected chi connectivity index (χ0v) is 11.6. The molecule has 2 rings (SSSR count). The number of carboxylic acid groups (broad SMARTS) is 1. The second kappa shape index (κ2) is 5.55. The summed E-state index contributed by atoms with van der Waals surface area (Å²) in [5.41, 5.74) is 1.40. The molecule has 0 amide bonds. The van der Waals surface area contributed by atoms with Crippen LogP contribution in [-0.2, 0) is 0 Å². The number of ether oxygens (including phenoxy) is 1. The zero-order valence-electron chi connectivity index (χ0n) is 11.6. The smallest absolute Gasteiger partial charge is 0.341 e. The van der Waals surface area contributed by atoms with Crippen molar-refractivity contribution in [2.45, 2.75) is 52.6 Å². The quantitative estimate of drug-likeness (QED) is 0.908. The fourth-order valence-corrected chi connectivity index (χ4v) is 2.52. The Morgan fingerprint density at radius 3 is 2.58 bits per heavy atom.